The second kappa shape index (κ2) is 9.00. The third-order valence-electron chi connectivity index (χ3n) is 3.69. The summed E-state index contributed by atoms with van der Waals surface area (Å²) >= 11 is 5.70. The van der Waals surface area contributed by atoms with Gasteiger partial charge in [-0.25, -0.2) is 4.79 Å². The molecule has 1 unspecified atom stereocenters. The van der Waals surface area contributed by atoms with Crippen molar-refractivity contribution in [1.82, 2.24) is 5.32 Å². The van der Waals surface area contributed by atoms with Crippen molar-refractivity contribution in [3.05, 3.63) is 68.7 Å². The number of nitrogens with one attached hydrogen (secondary N) is 1. The van der Waals surface area contributed by atoms with Crippen molar-refractivity contribution in [2.45, 2.75) is 13.0 Å². The minimum Gasteiger partial charge on any atom is -0.496 e. The van der Waals surface area contributed by atoms with Crippen LogP contribution < -0.4 is 10.1 Å². The number of nitrogens with zero attached hydrogens (tertiary/aromatic N) is 1. The summed E-state index contributed by atoms with van der Waals surface area (Å²) in [5.41, 5.74) is -0.0155. The summed E-state index contributed by atoms with van der Waals surface area (Å²) in [5, 5.41) is 13.8. The van der Waals surface area contributed by atoms with E-state index in [9.17, 15) is 19.7 Å². The second-order valence-electron chi connectivity index (χ2n) is 5.53. The van der Waals surface area contributed by atoms with Gasteiger partial charge in [-0.15, -0.1) is 0 Å². The van der Waals surface area contributed by atoms with Crippen LogP contribution in [0.25, 0.3) is 0 Å². The van der Waals surface area contributed by atoms with E-state index in [4.69, 9.17) is 21.1 Å². The number of nitro groups is 1. The number of hydrogen-bond donors (Lipinski definition) is 1. The van der Waals surface area contributed by atoms with Gasteiger partial charge in [0.25, 0.3) is 11.6 Å². The summed E-state index contributed by atoms with van der Waals surface area (Å²) in [6.07, 6.45) is 0. The SMILES string of the molecule is COc1ccccc1C(C)NC(=O)COC(=O)c1ccc(Cl)cc1[N+](=O)[O-]. The van der Waals surface area contributed by atoms with Gasteiger partial charge in [-0.3, -0.25) is 14.9 Å². The monoisotopic (exact) mass is 392 g/mol. The lowest BCUT2D eigenvalue weighted by atomic mass is 10.1. The highest BCUT2D eigenvalue weighted by atomic mass is 35.5. The number of hydrogen-bond acceptors (Lipinski definition) is 6. The van der Waals surface area contributed by atoms with Crippen molar-refractivity contribution < 1.29 is 24.0 Å². The zero-order chi connectivity index (χ0) is 20.0. The molecule has 0 fully saturated rings. The number of rotatable bonds is 7. The first-order valence-electron chi connectivity index (χ1n) is 7.86. The molecule has 1 amide bonds. The number of carbonyl (C=O) groups is 2. The first-order chi connectivity index (χ1) is 12.8. The molecule has 0 saturated carbocycles. The van der Waals surface area contributed by atoms with E-state index in [1.807, 2.05) is 0 Å². The number of benzene rings is 2. The van der Waals surface area contributed by atoms with Crippen LogP contribution in [0.1, 0.15) is 28.9 Å². The molecule has 0 heterocycles. The molecule has 0 aromatic heterocycles. The van der Waals surface area contributed by atoms with E-state index in [2.05, 4.69) is 5.32 Å². The van der Waals surface area contributed by atoms with Gasteiger partial charge in [0, 0.05) is 16.7 Å². The summed E-state index contributed by atoms with van der Waals surface area (Å²) in [7, 11) is 1.52. The van der Waals surface area contributed by atoms with Crippen molar-refractivity contribution in [3.63, 3.8) is 0 Å². The zero-order valence-corrected chi connectivity index (χ0v) is 15.4. The van der Waals surface area contributed by atoms with Crippen LogP contribution in [0.15, 0.2) is 42.5 Å². The Bertz CT molecular complexity index is 871. The Balaban J connectivity index is 1.99. The fourth-order valence-corrected chi connectivity index (χ4v) is 2.59. The quantitative estimate of drug-likeness (QED) is 0.440. The van der Waals surface area contributed by atoms with Gasteiger partial charge in [0.15, 0.2) is 6.61 Å². The molecule has 142 valence electrons. The molecule has 1 atom stereocenters. The van der Waals surface area contributed by atoms with Crippen LogP contribution >= 0.6 is 11.6 Å². The Morgan fingerprint density at radius 1 is 1.26 bits per heavy atom. The molecule has 27 heavy (non-hydrogen) atoms. The molecule has 2 aromatic carbocycles. The topological polar surface area (TPSA) is 108 Å². The van der Waals surface area contributed by atoms with Crippen LogP contribution in [-0.2, 0) is 9.53 Å². The molecule has 0 bridgehead atoms. The average Bonchev–Trinajstić information content (AvgIpc) is 2.65. The predicted molar refractivity (Wildman–Crippen MR) is 97.9 cm³/mol. The molecule has 0 aliphatic rings. The Kier molecular flexibility index (Phi) is 6.73. The maximum absolute atomic E-state index is 12.1. The molecule has 8 nitrogen and oxygen atoms in total. The number of para-hydroxylation sites is 1. The number of halogens is 1. The van der Waals surface area contributed by atoms with Crippen LogP contribution in [0.3, 0.4) is 0 Å². The number of amides is 1. The first kappa shape index (κ1) is 20.2. The minimum absolute atomic E-state index is 0.113. The van der Waals surface area contributed by atoms with Crippen LogP contribution in [0, 0.1) is 10.1 Å². The Hall–Kier alpha value is -3.13. The third kappa shape index (κ3) is 5.18. The van der Waals surface area contributed by atoms with Crippen molar-refractivity contribution >= 4 is 29.2 Å². The molecular weight excluding hydrogens is 376 g/mol. The van der Waals surface area contributed by atoms with E-state index in [1.165, 1.54) is 19.2 Å². The highest BCUT2D eigenvalue weighted by Crippen LogP contribution is 2.25. The Morgan fingerprint density at radius 3 is 2.63 bits per heavy atom. The standard InChI is InChI=1S/C18H17ClN2O6/c1-11(13-5-3-4-6-16(13)26-2)20-17(22)10-27-18(23)14-8-7-12(19)9-15(14)21(24)25/h3-9,11H,10H2,1-2H3,(H,20,22). The summed E-state index contributed by atoms with van der Waals surface area (Å²) in [4.78, 5) is 34.4. The van der Waals surface area contributed by atoms with Crippen molar-refractivity contribution in [3.8, 4) is 5.75 Å². The summed E-state index contributed by atoms with van der Waals surface area (Å²) in [6.45, 7) is 1.17. The van der Waals surface area contributed by atoms with E-state index >= 15 is 0 Å². The van der Waals surface area contributed by atoms with E-state index in [1.54, 1.807) is 31.2 Å². The number of methoxy groups -OCH3 is 1. The van der Waals surface area contributed by atoms with Crippen LogP contribution in [-0.4, -0.2) is 30.5 Å². The van der Waals surface area contributed by atoms with Gasteiger partial charge in [-0.2, -0.15) is 0 Å². The normalized spacial score (nSPS) is 11.4. The van der Waals surface area contributed by atoms with Crippen molar-refractivity contribution in [2.24, 2.45) is 0 Å². The molecule has 2 aromatic rings. The lowest BCUT2D eigenvalue weighted by Gasteiger charge is -2.17. The van der Waals surface area contributed by atoms with Gasteiger partial charge in [-0.05, 0) is 25.1 Å². The van der Waals surface area contributed by atoms with Crippen LogP contribution in [0.5, 0.6) is 5.75 Å². The van der Waals surface area contributed by atoms with Gasteiger partial charge in [0.1, 0.15) is 11.3 Å². The van der Waals surface area contributed by atoms with Crippen molar-refractivity contribution in [1.29, 1.82) is 0 Å². The van der Waals surface area contributed by atoms with Crippen molar-refractivity contribution in [2.75, 3.05) is 13.7 Å². The molecule has 1 N–H and O–H groups in total. The molecule has 0 spiro atoms. The third-order valence-corrected chi connectivity index (χ3v) is 3.93. The second-order valence-corrected chi connectivity index (χ2v) is 5.96. The molecule has 2 rings (SSSR count). The van der Waals surface area contributed by atoms with Gasteiger partial charge < -0.3 is 14.8 Å². The molecule has 0 radical (unpaired) electrons. The Labute approximate surface area is 160 Å². The molecular formula is C18H17ClN2O6. The lowest BCUT2D eigenvalue weighted by Crippen LogP contribution is -2.31. The fraction of sp³-hybridized carbons (Fsp3) is 0.222. The average molecular weight is 393 g/mol. The number of nitro benzene ring substituents is 1. The van der Waals surface area contributed by atoms with E-state index in [0.29, 0.717) is 5.75 Å². The van der Waals surface area contributed by atoms with E-state index in [-0.39, 0.29) is 10.6 Å². The molecule has 0 saturated heterocycles. The molecule has 9 heteroatoms. The predicted octanol–water partition coefficient (Wildman–Crippen LogP) is 3.29. The highest BCUT2D eigenvalue weighted by molar-refractivity contribution is 6.31. The largest absolute Gasteiger partial charge is 0.496 e. The smallest absolute Gasteiger partial charge is 0.345 e. The fourth-order valence-electron chi connectivity index (χ4n) is 2.42. The van der Waals surface area contributed by atoms with Gasteiger partial charge in [-0.1, -0.05) is 29.8 Å². The first-order valence-corrected chi connectivity index (χ1v) is 8.24. The minimum atomic E-state index is -0.988. The Morgan fingerprint density at radius 2 is 1.96 bits per heavy atom. The molecule has 0 aliphatic heterocycles. The van der Waals surface area contributed by atoms with Crippen LogP contribution in [0.2, 0.25) is 5.02 Å². The maximum atomic E-state index is 12.1. The van der Waals surface area contributed by atoms with Gasteiger partial charge >= 0.3 is 5.97 Å². The zero-order valence-electron chi connectivity index (χ0n) is 14.6. The lowest BCUT2D eigenvalue weighted by molar-refractivity contribution is -0.385. The van der Waals surface area contributed by atoms with Gasteiger partial charge in [0.2, 0.25) is 0 Å². The summed E-state index contributed by atoms with van der Waals surface area (Å²) < 4.78 is 10.1. The summed E-state index contributed by atoms with van der Waals surface area (Å²) in [6, 6.07) is 10.3. The highest BCUT2D eigenvalue weighted by Gasteiger charge is 2.23. The summed E-state index contributed by atoms with van der Waals surface area (Å²) in [5.74, 6) is -0.934. The van der Waals surface area contributed by atoms with Crippen LogP contribution in [0.4, 0.5) is 5.69 Å². The number of esters is 1. The van der Waals surface area contributed by atoms with E-state index in [0.717, 1.165) is 11.6 Å². The number of ether oxygens (including phenoxy) is 2. The maximum Gasteiger partial charge on any atom is 0.345 e. The van der Waals surface area contributed by atoms with E-state index < -0.39 is 35.1 Å². The molecule has 0 aliphatic carbocycles. The number of carbonyl (C=O) groups excluding carboxylic acids is 2. The van der Waals surface area contributed by atoms with Gasteiger partial charge in [0.05, 0.1) is 18.1 Å².